The number of H-pyrrole nitrogens is 1. The molecule has 0 amide bonds. The molecule has 1 aromatic rings. The molecule has 0 fully saturated rings. The van der Waals surface area contributed by atoms with Crippen molar-refractivity contribution in [2.45, 2.75) is 40.0 Å². The number of carbonyl (C=O) groups excluding carboxylic acids is 1. The summed E-state index contributed by atoms with van der Waals surface area (Å²) in [5, 5.41) is 0. The van der Waals surface area contributed by atoms with Gasteiger partial charge in [0.15, 0.2) is 0 Å². The van der Waals surface area contributed by atoms with Crippen LogP contribution in [0.25, 0.3) is 0 Å². The van der Waals surface area contributed by atoms with Crippen LogP contribution in [0.3, 0.4) is 0 Å². The molecule has 114 valence electrons. The molecule has 1 heterocycles. The normalized spacial score (nSPS) is 13.2. The Morgan fingerprint density at radius 2 is 1.95 bits per heavy atom. The van der Waals surface area contributed by atoms with E-state index in [9.17, 15) is 13.2 Å². The Bertz CT molecular complexity index is 587. The van der Waals surface area contributed by atoms with Gasteiger partial charge in [-0.15, -0.1) is 0 Å². The minimum absolute atomic E-state index is 0.0733. The third kappa shape index (κ3) is 4.10. The van der Waals surface area contributed by atoms with Gasteiger partial charge in [0.25, 0.3) is 0 Å². The zero-order valence-corrected chi connectivity index (χ0v) is 13.6. The first-order chi connectivity index (χ1) is 9.17. The van der Waals surface area contributed by atoms with Crippen molar-refractivity contribution >= 4 is 15.8 Å². The summed E-state index contributed by atoms with van der Waals surface area (Å²) >= 11 is 0. The summed E-state index contributed by atoms with van der Waals surface area (Å²) < 4.78 is 27.5. The first-order valence-corrected chi connectivity index (χ1v) is 8.77. The number of aromatic nitrogens is 1. The fourth-order valence-electron chi connectivity index (χ4n) is 2.45. The minimum atomic E-state index is -2.97. The molecule has 1 atom stereocenters. The summed E-state index contributed by atoms with van der Waals surface area (Å²) in [5.74, 6) is -0.147. The average molecular weight is 301 g/mol. The van der Waals surface area contributed by atoms with Crippen LogP contribution in [-0.2, 0) is 14.6 Å². The molecule has 0 spiro atoms. The molecule has 0 saturated carbocycles. The van der Waals surface area contributed by atoms with Gasteiger partial charge >= 0.3 is 5.97 Å². The van der Waals surface area contributed by atoms with Gasteiger partial charge in [-0.3, -0.25) is 0 Å². The number of aromatic amines is 1. The van der Waals surface area contributed by atoms with Crippen molar-refractivity contribution < 1.29 is 17.9 Å². The number of nitrogens with one attached hydrogen (secondary N) is 1. The van der Waals surface area contributed by atoms with Gasteiger partial charge in [-0.25, -0.2) is 13.2 Å². The predicted molar refractivity (Wildman–Crippen MR) is 79.0 cm³/mol. The number of hydrogen-bond acceptors (Lipinski definition) is 4. The second-order valence-corrected chi connectivity index (χ2v) is 7.46. The van der Waals surface area contributed by atoms with E-state index in [1.54, 1.807) is 6.92 Å². The maximum absolute atomic E-state index is 11.8. The fraction of sp³-hybridized carbons (Fsp3) is 0.643. The van der Waals surface area contributed by atoms with E-state index in [4.69, 9.17) is 4.74 Å². The highest BCUT2D eigenvalue weighted by Gasteiger charge is 2.22. The van der Waals surface area contributed by atoms with Gasteiger partial charge in [0.2, 0.25) is 0 Å². The SMILES string of the molecule is CCOC(=O)c1[nH]c(C)c([C@@H](C)CCS(C)(=O)=O)c1C. The van der Waals surface area contributed by atoms with Crippen LogP contribution in [0, 0.1) is 13.8 Å². The van der Waals surface area contributed by atoms with Crippen LogP contribution in [0.15, 0.2) is 0 Å². The third-order valence-electron chi connectivity index (χ3n) is 3.39. The van der Waals surface area contributed by atoms with Gasteiger partial charge < -0.3 is 9.72 Å². The van der Waals surface area contributed by atoms with Crippen LogP contribution in [-0.4, -0.2) is 38.0 Å². The van der Waals surface area contributed by atoms with E-state index in [1.807, 2.05) is 20.8 Å². The Morgan fingerprint density at radius 1 is 1.35 bits per heavy atom. The Kier molecular flexibility index (Phi) is 5.39. The van der Waals surface area contributed by atoms with Crippen molar-refractivity contribution in [3.63, 3.8) is 0 Å². The predicted octanol–water partition coefficient (Wildman–Crippen LogP) is 2.35. The van der Waals surface area contributed by atoms with Crippen LogP contribution >= 0.6 is 0 Å². The molecule has 0 radical (unpaired) electrons. The molecule has 1 rings (SSSR count). The summed E-state index contributed by atoms with van der Waals surface area (Å²) in [6, 6.07) is 0. The van der Waals surface area contributed by atoms with Gasteiger partial charge in [0.1, 0.15) is 15.5 Å². The second kappa shape index (κ2) is 6.43. The van der Waals surface area contributed by atoms with E-state index in [2.05, 4.69) is 4.98 Å². The van der Waals surface area contributed by atoms with E-state index in [1.165, 1.54) is 6.26 Å². The van der Waals surface area contributed by atoms with Gasteiger partial charge in [0, 0.05) is 11.9 Å². The number of hydrogen-bond donors (Lipinski definition) is 1. The van der Waals surface area contributed by atoms with Crippen molar-refractivity contribution in [2.75, 3.05) is 18.6 Å². The van der Waals surface area contributed by atoms with E-state index in [0.29, 0.717) is 18.7 Å². The van der Waals surface area contributed by atoms with Crippen molar-refractivity contribution in [1.82, 2.24) is 4.98 Å². The van der Waals surface area contributed by atoms with Crippen molar-refractivity contribution in [2.24, 2.45) is 0 Å². The molecule has 20 heavy (non-hydrogen) atoms. The van der Waals surface area contributed by atoms with Crippen LogP contribution < -0.4 is 0 Å². The lowest BCUT2D eigenvalue weighted by Crippen LogP contribution is -2.09. The Labute approximate surface area is 120 Å². The summed E-state index contributed by atoms with van der Waals surface area (Å²) in [5.41, 5.74) is 3.22. The number of aryl methyl sites for hydroxylation is 1. The molecule has 0 bridgehead atoms. The highest BCUT2D eigenvalue weighted by atomic mass is 32.2. The van der Waals surface area contributed by atoms with Crippen LogP contribution in [0.2, 0.25) is 0 Å². The number of esters is 1. The summed E-state index contributed by atoms with van der Waals surface area (Å²) in [7, 11) is -2.97. The maximum atomic E-state index is 11.8. The summed E-state index contributed by atoms with van der Waals surface area (Å²) in [6.45, 7) is 7.82. The van der Waals surface area contributed by atoms with Crippen LogP contribution in [0.1, 0.15) is 53.5 Å². The highest BCUT2D eigenvalue weighted by molar-refractivity contribution is 7.90. The molecular formula is C14H23NO4S. The lowest BCUT2D eigenvalue weighted by molar-refractivity contribution is 0.0519. The molecule has 0 unspecified atom stereocenters. The zero-order valence-electron chi connectivity index (χ0n) is 12.7. The van der Waals surface area contributed by atoms with Gasteiger partial charge in [-0.1, -0.05) is 6.92 Å². The van der Waals surface area contributed by atoms with E-state index >= 15 is 0 Å². The standard InChI is InChI=1S/C14H23NO4S/c1-6-19-14(16)13-10(3)12(11(4)15-13)9(2)7-8-20(5,17)18/h9,15H,6-8H2,1-5H3/t9-/m0/s1. The van der Waals surface area contributed by atoms with Gasteiger partial charge in [-0.05, 0) is 44.2 Å². The Hall–Kier alpha value is -1.30. The zero-order chi connectivity index (χ0) is 15.5. The molecule has 6 heteroatoms. The molecular weight excluding hydrogens is 278 g/mol. The highest BCUT2D eigenvalue weighted by Crippen LogP contribution is 2.29. The molecule has 5 nitrogen and oxygen atoms in total. The molecule has 1 aromatic heterocycles. The van der Waals surface area contributed by atoms with Crippen molar-refractivity contribution in [3.8, 4) is 0 Å². The Morgan fingerprint density at radius 3 is 2.45 bits per heavy atom. The fourth-order valence-corrected chi connectivity index (χ4v) is 3.23. The summed E-state index contributed by atoms with van der Waals surface area (Å²) in [6.07, 6.45) is 1.78. The molecule has 0 aromatic carbocycles. The first-order valence-electron chi connectivity index (χ1n) is 6.71. The van der Waals surface area contributed by atoms with Crippen molar-refractivity contribution in [1.29, 1.82) is 0 Å². The molecule has 1 N–H and O–H groups in total. The number of rotatable bonds is 6. The topological polar surface area (TPSA) is 76.2 Å². The number of sulfone groups is 1. The van der Waals surface area contributed by atoms with Crippen LogP contribution in [0.5, 0.6) is 0 Å². The van der Waals surface area contributed by atoms with Gasteiger partial charge in [0.05, 0.1) is 12.4 Å². The molecule has 0 aliphatic rings. The maximum Gasteiger partial charge on any atom is 0.355 e. The average Bonchev–Trinajstić information content (AvgIpc) is 2.61. The third-order valence-corrected chi connectivity index (χ3v) is 4.37. The van der Waals surface area contributed by atoms with E-state index in [-0.39, 0.29) is 17.6 Å². The molecule has 0 aliphatic carbocycles. The number of carbonyl (C=O) groups is 1. The quantitative estimate of drug-likeness (QED) is 0.818. The summed E-state index contributed by atoms with van der Waals surface area (Å²) in [4.78, 5) is 14.9. The van der Waals surface area contributed by atoms with Crippen molar-refractivity contribution in [3.05, 3.63) is 22.5 Å². The van der Waals surface area contributed by atoms with Gasteiger partial charge in [-0.2, -0.15) is 0 Å². The van der Waals surface area contributed by atoms with E-state index < -0.39 is 9.84 Å². The lowest BCUT2D eigenvalue weighted by atomic mass is 9.95. The lowest BCUT2D eigenvalue weighted by Gasteiger charge is -2.12. The molecule has 0 aliphatic heterocycles. The monoisotopic (exact) mass is 301 g/mol. The largest absolute Gasteiger partial charge is 0.461 e. The van der Waals surface area contributed by atoms with Crippen LogP contribution in [0.4, 0.5) is 0 Å². The first kappa shape index (κ1) is 16.8. The smallest absolute Gasteiger partial charge is 0.355 e. The number of ether oxygens (including phenoxy) is 1. The van der Waals surface area contributed by atoms with E-state index in [0.717, 1.165) is 16.8 Å². The Balaban J connectivity index is 2.98. The second-order valence-electron chi connectivity index (χ2n) is 5.20. The minimum Gasteiger partial charge on any atom is -0.461 e. The molecule has 0 saturated heterocycles.